The molecule has 2 aromatic rings. The van der Waals surface area contributed by atoms with Crippen LogP contribution in [0.2, 0.25) is 0 Å². The van der Waals surface area contributed by atoms with E-state index >= 15 is 0 Å². The van der Waals surface area contributed by atoms with Gasteiger partial charge < -0.3 is 14.3 Å². The van der Waals surface area contributed by atoms with Crippen LogP contribution < -0.4 is 4.74 Å². The molecule has 0 unspecified atom stereocenters. The highest BCUT2D eigenvalue weighted by Gasteiger charge is 2.22. The van der Waals surface area contributed by atoms with Crippen molar-refractivity contribution in [2.24, 2.45) is 0 Å². The first-order valence-corrected chi connectivity index (χ1v) is 5.44. The predicted octanol–water partition coefficient (Wildman–Crippen LogP) is 3.18. The Morgan fingerprint density at radius 2 is 1.94 bits per heavy atom. The number of aromatic carboxylic acids is 1. The van der Waals surface area contributed by atoms with Gasteiger partial charge >= 0.3 is 5.97 Å². The monoisotopic (exact) mass is 242 g/mol. The maximum Gasteiger partial charge on any atom is 0.372 e. The molecule has 1 aromatic carbocycles. The highest BCUT2D eigenvalue weighted by Crippen LogP contribution is 2.37. The van der Waals surface area contributed by atoms with Crippen molar-refractivity contribution in [1.82, 2.24) is 0 Å². The molecule has 1 N–H and O–H groups in total. The lowest BCUT2D eigenvalue weighted by Gasteiger charge is -2.05. The summed E-state index contributed by atoms with van der Waals surface area (Å²) in [5.74, 6) is -0.418. The molecule has 3 rings (SSSR count). The van der Waals surface area contributed by atoms with E-state index in [2.05, 4.69) is 0 Å². The number of hydrogen-bond donors (Lipinski definition) is 1. The van der Waals surface area contributed by atoms with Crippen molar-refractivity contribution < 1.29 is 19.1 Å². The summed E-state index contributed by atoms with van der Waals surface area (Å²) < 4.78 is 10.7. The Balaban J connectivity index is 2.47. The van der Waals surface area contributed by atoms with Crippen LogP contribution in [0.1, 0.15) is 21.7 Å². The molecule has 4 heteroatoms. The third kappa shape index (κ3) is 1.35. The Kier molecular flexibility index (Phi) is 2.23. The lowest BCUT2D eigenvalue weighted by molar-refractivity contribution is 0.0664. The number of allylic oxidation sites excluding steroid dienone is 2. The molecule has 0 amide bonds. The summed E-state index contributed by atoms with van der Waals surface area (Å²) in [6.45, 7) is 0. The van der Waals surface area contributed by atoms with Gasteiger partial charge in [-0.3, -0.25) is 0 Å². The quantitative estimate of drug-likeness (QED) is 0.878. The van der Waals surface area contributed by atoms with Gasteiger partial charge in [0, 0.05) is 16.5 Å². The Bertz CT molecular complexity index is 704. The maximum atomic E-state index is 11.2. The zero-order valence-corrected chi connectivity index (χ0v) is 9.64. The van der Waals surface area contributed by atoms with Crippen LogP contribution in [0.4, 0.5) is 0 Å². The van der Waals surface area contributed by atoms with Crippen molar-refractivity contribution in [3.8, 4) is 5.75 Å². The van der Waals surface area contributed by atoms with E-state index in [4.69, 9.17) is 14.3 Å². The van der Waals surface area contributed by atoms with Gasteiger partial charge in [-0.2, -0.15) is 0 Å². The standard InChI is InChI=1S/C14H10O4/c1-17-10-6-7-11-12-8(10)4-2-3-5-9(12)13(18-11)14(15)16/h2-7H,1H3,(H,15,16). The fourth-order valence-electron chi connectivity index (χ4n) is 2.19. The minimum Gasteiger partial charge on any atom is -0.496 e. The van der Waals surface area contributed by atoms with Gasteiger partial charge in [-0.1, -0.05) is 24.3 Å². The molecular weight excluding hydrogens is 232 g/mol. The first kappa shape index (κ1) is 10.7. The number of benzene rings is 1. The molecule has 0 bridgehead atoms. The highest BCUT2D eigenvalue weighted by molar-refractivity contribution is 6.05. The van der Waals surface area contributed by atoms with Crippen LogP contribution in [0.15, 0.2) is 28.7 Å². The van der Waals surface area contributed by atoms with Crippen molar-refractivity contribution in [1.29, 1.82) is 0 Å². The van der Waals surface area contributed by atoms with Crippen molar-refractivity contribution in [3.63, 3.8) is 0 Å². The van der Waals surface area contributed by atoms with Gasteiger partial charge in [0.25, 0.3) is 0 Å². The summed E-state index contributed by atoms with van der Waals surface area (Å²) in [6, 6.07) is 3.49. The van der Waals surface area contributed by atoms with Gasteiger partial charge in [0.2, 0.25) is 5.76 Å². The third-order valence-electron chi connectivity index (χ3n) is 2.94. The molecule has 1 aliphatic rings. The van der Waals surface area contributed by atoms with E-state index in [1.165, 1.54) is 0 Å². The second-order valence-electron chi connectivity index (χ2n) is 3.92. The van der Waals surface area contributed by atoms with Gasteiger partial charge in [0.15, 0.2) is 0 Å². The van der Waals surface area contributed by atoms with E-state index in [1.54, 1.807) is 31.4 Å². The van der Waals surface area contributed by atoms with E-state index in [-0.39, 0.29) is 5.76 Å². The van der Waals surface area contributed by atoms with E-state index in [9.17, 15) is 4.79 Å². The van der Waals surface area contributed by atoms with Crippen LogP contribution >= 0.6 is 0 Å². The zero-order chi connectivity index (χ0) is 12.7. The Hall–Kier alpha value is -2.49. The summed E-state index contributed by atoms with van der Waals surface area (Å²) in [5.41, 5.74) is 1.97. The molecule has 90 valence electrons. The lowest BCUT2D eigenvalue weighted by atomic mass is 10.0. The molecule has 1 aromatic heterocycles. The van der Waals surface area contributed by atoms with Crippen molar-refractivity contribution in [2.75, 3.05) is 7.11 Å². The van der Waals surface area contributed by atoms with E-state index < -0.39 is 5.97 Å². The minimum absolute atomic E-state index is 0.0422. The summed E-state index contributed by atoms with van der Waals surface area (Å²) in [6.07, 6.45) is 7.26. The summed E-state index contributed by atoms with van der Waals surface area (Å²) in [4.78, 5) is 11.2. The van der Waals surface area contributed by atoms with Crippen LogP contribution in [-0.2, 0) is 0 Å². The molecule has 0 aliphatic heterocycles. The highest BCUT2D eigenvalue weighted by atomic mass is 16.5. The molecule has 0 saturated carbocycles. The lowest BCUT2D eigenvalue weighted by Crippen LogP contribution is -1.95. The fraction of sp³-hybridized carbons (Fsp3) is 0.0714. The third-order valence-corrected chi connectivity index (χ3v) is 2.94. The molecule has 1 aliphatic carbocycles. The molecule has 0 spiro atoms. The van der Waals surface area contributed by atoms with E-state index in [0.29, 0.717) is 16.9 Å². The Morgan fingerprint density at radius 1 is 1.22 bits per heavy atom. The maximum absolute atomic E-state index is 11.2. The number of rotatable bonds is 2. The number of carboxylic acids is 1. The molecule has 4 nitrogen and oxygen atoms in total. The number of hydrogen-bond acceptors (Lipinski definition) is 3. The summed E-state index contributed by atoms with van der Waals surface area (Å²) in [7, 11) is 1.59. The van der Waals surface area contributed by atoms with Gasteiger partial charge in [-0.05, 0) is 12.1 Å². The smallest absolute Gasteiger partial charge is 0.372 e. The Labute approximate surface area is 103 Å². The van der Waals surface area contributed by atoms with Crippen molar-refractivity contribution >= 4 is 29.1 Å². The molecule has 0 saturated heterocycles. The van der Waals surface area contributed by atoms with E-state index in [1.807, 2.05) is 12.2 Å². The van der Waals surface area contributed by atoms with Crippen LogP contribution in [0.25, 0.3) is 23.1 Å². The molecule has 18 heavy (non-hydrogen) atoms. The average molecular weight is 242 g/mol. The second kappa shape index (κ2) is 3.77. The topological polar surface area (TPSA) is 59.7 Å². The first-order valence-electron chi connectivity index (χ1n) is 5.44. The molecule has 0 fully saturated rings. The minimum atomic E-state index is -1.07. The SMILES string of the molecule is COc1ccc2oc(C(=O)O)c3c2c1C=CC=C3. The summed E-state index contributed by atoms with van der Waals surface area (Å²) in [5, 5.41) is 9.93. The first-order chi connectivity index (χ1) is 8.72. The van der Waals surface area contributed by atoms with Crippen LogP contribution in [0, 0.1) is 0 Å². The van der Waals surface area contributed by atoms with Crippen LogP contribution in [-0.4, -0.2) is 18.2 Å². The van der Waals surface area contributed by atoms with Gasteiger partial charge in [-0.25, -0.2) is 4.79 Å². The van der Waals surface area contributed by atoms with Crippen molar-refractivity contribution in [3.05, 3.63) is 41.2 Å². The number of carbonyl (C=O) groups is 1. The number of furan rings is 1. The second-order valence-corrected chi connectivity index (χ2v) is 3.92. The van der Waals surface area contributed by atoms with Gasteiger partial charge in [0.05, 0.1) is 7.11 Å². The predicted molar refractivity (Wildman–Crippen MR) is 67.8 cm³/mol. The molecule has 1 heterocycles. The molecule has 0 radical (unpaired) electrons. The van der Waals surface area contributed by atoms with E-state index in [0.717, 1.165) is 10.9 Å². The van der Waals surface area contributed by atoms with Crippen LogP contribution in [0.3, 0.4) is 0 Å². The van der Waals surface area contributed by atoms with Gasteiger partial charge in [0.1, 0.15) is 11.3 Å². The Morgan fingerprint density at radius 3 is 2.61 bits per heavy atom. The average Bonchev–Trinajstić information content (AvgIpc) is 2.59. The van der Waals surface area contributed by atoms with Crippen LogP contribution in [0.5, 0.6) is 5.75 Å². The van der Waals surface area contributed by atoms with Gasteiger partial charge in [-0.15, -0.1) is 0 Å². The largest absolute Gasteiger partial charge is 0.496 e. The zero-order valence-electron chi connectivity index (χ0n) is 9.64. The summed E-state index contributed by atoms with van der Waals surface area (Å²) >= 11 is 0. The molecule has 0 atom stereocenters. The fourth-order valence-corrected chi connectivity index (χ4v) is 2.19. The number of carboxylic acid groups (broad SMARTS) is 1. The number of methoxy groups -OCH3 is 1. The normalized spacial score (nSPS) is 12.7. The molecular formula is C14H10O4. The van der Waals surface area contributed by atoms with Crippen molar-refractivity contribution in [2.45, 2.75) is 0 Å². The number of ether oxygens (including phenoxy) is 1.